The summed E-state index contributed by atoms with van der Waals surface area (Å²) in [6.45, 7) is 5.11. The first kappa shape index (κ1) is 13.5. The minimum Gasteiger partial charge on any atom is -0.352 e. The maximum atomic E-state index is 4.91. The molecule has 19 heavy (non-hydrogen) atoms. The van der Waals surface area contributed by atoms with E-state index < -0.39 is 0 Å². The van der Waals surface area contributed by atoms with Gasteiger partial charge in [-0.3, -0.25) is 4.99 Å². The predicted molar refractivity (Wildman–Crippen MR) is 75.1 cm³/mol. The predicted octanol–water partition coefficient (Wildman–Crippen LogP) is 1.61. The summed E-state index contributed by atoms with van der Waals surface area (Å²) in [5, 5.41) is 12.3. The van der Waals surface area contributed by atoms with E-state index in [1.54, 1.807) is 25.3 Å². The SMILES string of the molecule is CN=C(NCc1noc(C)n1)NCc1sccc1C. The van der Waals surface area contributed by atoms with Crippen LogP contribution in [0.2, 0.25) is 0 Å². The van der Waals surface area contributed by atoms with E-state index in [0.717, 1.165) is 12.5 Å². The molecule has 0 saturated carbocycles. The van der Waals surface area contributed by atoms with Crippen LogP contribution >= 0.6 is 11.3 Å². The number of aliphatic imine (C=N–C) groups is 1. The summed E-state index contributed by atoms with van der Waals surface area (Å²) >= 11 is 1.73. The molecule has 0 radical (unpaired) electrons. The highest BCUT2D eigenvalue weighted by atomic mass is 32.1. The highest BCUT2D eigenvalue weighted by molar-refractivity contribution is 7.10. The van der Waals surface area contributed by atoms with Gasteiger partial charge in [0.05, 0.1) is 13.1 Å². The highest BCUT2D eigenvalue weighted by Crippen LogP contribution is 2.14. The van der Waals surface area contributed by atoms with Crippen LogP contribution in [0.25, 0.3) is 0 Å². The van der Waals surface area contributed by atoms with Crippen molar-refractivity contribution in [1.82, 2.24) is 20.8 Å². The van der Waals surface area contributed by atoms with Crippen molar-refractivity contribution in [2.24, 2.45) is 4.99 Å². The van der Waals surface area contributed by atoms with E-state index in [1.165, 1.54) is 10.4 Å². The fourth-order valence-electron chi connectivity index (χ4n) is 1.55. The average Bonchev–Trinajstić information content (AvgIpc) is 2.99. The van der Waals surface area contributed by atoms with Gasteiger partial charge in [0.1, 0.15) is 0 Å². The van der Waals surface area contributed by atoms with Crippen molar-refractivity contribution in [1.29, 1.82) is 0 Å². The molecular weight excluding hydrogens is 262 g/mol. The van der Waals surface area contributed by atoms with Gasteiger partial charge < -0.3 is 15.2 Å². The zero-order valence-electron chi connectivity index (χ0n) is 11.2. The monoisotopic (exact) mass is 279 g/mol. The van der Waals surface area contributed by atoms with Crippen molar-refractivity contribution >= 4 is 17.3 Å². The van der Waals surface area contributed by atoms with E-state index in [0.29, 0.717) is 18.3 Å². The molecule has 0 aliphatic rings. The number of nitrogens with one attached hydrogen (secondary N) is 2. The Morgan fingerprint density at radius 2 is 2.16 bits per heavy atom. The minimum absolute atomic E-state index is 0.487. The zero-order chi connectivity index (χ0) is 13.7. The van der Waals surface area contributed by atoms with Crippen LogP contribution < -0.4 is 10.6 Å². The highest BCUT2D eigenvalue weighted by Gasteiger charge is 2.05. The molecule has 7 heteroatoms. The lowest BCUT2D eigenvalue weighted by Crippen LogP contribution is -2.36. The molecule has 0 aliphatic heterocycles. The summed E-state index contributed by atoms with van der Waals surface area (Å²) in [7, 11) is 1.73. The van der Waals surface area contributed by atoms with Crippen molar-refractivity contribution in [3.63, 3.8) is 0 Å². The Balaban J connectivity index is 1.82. The Hall–Kier alpha value is -1.89. The molecule has 0 saturated heterocycles. The number of rotatable bonds is 4. The van der Waals surface area contributed by atoms with E-state index in [-0.39, 0.29) is 0 Å². The van der Waals surface area contributed by atoms with E-state index in [1.807, 2.05) is 0 Å². The second-order valence-corrected chi connectivity index (χ2v) is 5.04. The first-order valence-electron chi connectivity index (χ1n) is 5.95. The van der Waals surface area contributed by atoms with Crippen LogP contribution in [0.4, 0.5) is 0 Å². The normalized spacial score (nSPS) is 11.6. The molecule has 2 aromatic heterocycles. The van der Waals surface area contributed by atoms with Crippen molar-refractivity contribution in [3.05, 3.63) is 33.6 Å². The molecule has 2 N–H and O–H groups in total. The van der Waals surface area contributed by atoms with Gasteiger partial charge in [-0.05, 0) is 23.9 Å². The van der Waals surface area contributed by atoms with Gasteiger partial charge in [0.2, 0.25) is 5.89 Å². The third-order valence-electron chi connectivity index (χ3n) is 2.59. The summed E-state index contributed by atoms with van der Waals surface area (Å²) in [4.78, 5) is 9.58. The number of aryl methyl sites for hydroxylation is 2. The lowest BCUT2D eigenvalue weighted by atomic mass is 10.3. The van der Waals surface area contributed by atoms with Crippen LogP contribution in [0.5, 0.6) is 0 Å². The van der Waals surface area contributed by atoms with Gasteiger partial charge in [0, 0.05) is 18.8 Å². The number of aromatic nitrogens is 2. The fourth-order valence-corrected chi connectivity index (χ4v) is 2.39. The summed E-state index contributed by atoms with van der Waals surface area (Å²) in [6.07, 6.45) is 0. The third kappa shape index (κ3) is 3.78. The molecule has 0 spiro atoms. The smallest absolute Gasteiger partial charge is 0.223 e. The van der Waals surface area contributed by atoms with Crippen LogP contribution in [0.3, 0.4) is 0 Å². The van der Waals surface area contributed by atoms with Gasteiger partial charge in [-0.15, -0.1) is 11.3 Å². The Bertz CT molecular complexity index is 560. The number of thiophene rings is 1. The van der Waals surface area contributed by atoms with Crippen LogP contribution in [0.15, 0.2) is 21.0 Å². The lowest BCUT2D eigenvalue weighted by molar-refractivity contribution is 0.387. The van der Waals surface area contributed by atoms with Crippen molar-refractivity contribution in [2.75, 3.05) is 7.05 Å². The summed E-state index contributed by atoms with van der Waals surface area (Å²) in [5.74, 6) is 1.90. The molecule has 2 aromatic rings. The average molecular weight is 279 g/mol. The standard InChI is InChI=1S/C12H17N5OS/c1-8-4-5-19-10(8)6-14-12(13-3)15-7-11-16-9(2)18-17-11/h4-5H,6-7H2,1-3H3,(H2,13,14,15). The molecular formula is C12H17N5OS. The Labute approximate surface area is 115 Å². The summed E-state index contributed by atoms with van der Waals surface area (Å²) < 4.78 is 4.91. The quantitative estimate of drug-likeness (QED) is 0.657. The lowest BCUT2D eigenvalue weighted by Gasteiger charge is -2.10. The Morgan fingerprint density at radius 1 is 1.37 bits per heavy atom. The second-order valence-electron chi connectivity index (χ2n) is 4.04. The molecule has 102 valence electrons. The molecule has 2 heterocycles. The molecule has 0 aromatic carbocycles. The van der Waals surface area contributed by atoms with Gasteiger partial charge in [0.15, 0.2) is 11.8 Å². The Kier molecular flexibility index (Phi) is 4.51. The molecule has 0 bridgehead atoms. The number of nitrogens with zero attached hydrogens (tertiary/aromatic N) is 3. The maximum absolute atomic E-state index is 4.91. The molecule has 2 rings (SSSR count). The van der Waals surface area contributed by atoms with Gasteiger partial charge >= 0.3 is 0 Å². The number of hydrogen-bond acceptors (Lipinski definition) is 5. The number of guanidine groups is 1. The first-order valence-corrected chi connectivity index (χ1v) is 6.83. The van der Waals surface area contributed by atoms with E-state index in [9.17, 15) is 0 Å². The van der Waals surface area contributed by atoms with Gasteiger partial charge in [-0.2, -0.15) is 4.98 Å². The minimum atomic E-state index is 0.487. The van der Waals surface area contributed by atoms with Gasteiger partial charge in [-0.1, -0.05) is 5.16 Å². The van der Waals surface area contributed by atoms with Crippen LogP contribution in [0, 0.1) is 13.8 Å². The molecule has 0 atom stereocenters. The summed E-state index contributed by atoms with van der Waals surface area (Å²) in [6, 6.07) is 2.11. The van der Waals surface area contributed by atoms with E-state index in [2.05, 4.69) is 44.1 Å². The molecule has 0 aliphatic carbocycles. The summed E-state index contributed by atoms with van der Waals surface area (Å²) in [5.41, 5.74) is 1.29. The molecule has 0 fully saturated rings. The van der Waals surface area contributed by atoms with E-state index in [4.69, 9.17) is 4.52 Å². The van der Waals surface area contributed by atoms with Crippen molar-refractivity contribution < 1.29 is 4.52 Å². The topological polar surface area (TPSA) is 75.3 Å². The van der Waals surface area contributed by atoms with E-state index >= 15 is 0 Å². The largest absolute Gasteiger partial charge is 0.352 e. The van der Waals surface area contributed by atoms with Crippen LogP contribution in [-0.4, -0.2) is 23.1 Å². The molecule has 0 unspecified atom stereocenters. The first-order chi connectivity index (χ1) is 9.19. The van der Waals surface area contributed by atoms with Crippen molar-refractivity contribution in [2.45, 2.75) is 26.9 Å². The molecule has 6 nitrogen and oxygen atoms in total. The number of hydrogen-bond donors (Lipinski definition) is 2. The third-order valence-corrected chi connectivity index (χ3v) is 3.61. The van der Waals surface area contributed by atoms with Gasteiger partial charge in [-0.25, -0.2) is 0 Å². The Morgan fingerprint density at radius 3 is 2.74 bits per heavy atom. The molecule has 0 amide bonds. The second kappa shape index (κ2) is 6.33. The van der Waals surface area contributed by atoms with Crippen LogP contribution in [-0.2, 0) is 13.1 Å². The van der Waals surface area contributed by atoms with Crippen molar-refractivity contribution in [3.8, 4) is 0 Å². The zero-order valence-corrected chi connectivity index (χ0v) is 12.0. The van der Waals surface area contributed by atoms with Gasteiger partial charge in [0.25, 0.3) is 0 Å². The van der Waals surface area contributed by atoms with Crippen LogP contribution in [0.1, 0.15) is 22.2 Å². The fraction of sp³-hybridized carbons (Fsp3) is 0.417. The maximum Gasteiger partial charge on any atom is 0.223 e.